The van der Waals surface area contributed by atoms with Gasteiger partial charge in [0.15, 0.2) is 11.5 Å². The standard InChI is InChI=1S/C19H30N4O5/c1-26-15-6-4-13(17(27-2)18(15)28-3)12-22-8-10-23(11-9-22)19(25)14(20)5-7-16(21)24/h4,6,14H,5,7-12,20H2,1-3H3,(H2,21,24)/t14-/m0/s1. The molecule has 1 aromatic rings. The largest absolute Gasteiger partial charge is 0.493 e. The number of rotatable bonds is 9. The van der Waals surface area contributed by atoms with Gasteiger partial charge in [0.25, 0.3) is 0 Å². The van der Waals surface area contributed by atoms with Crippen molar-refractivity contribution in [1.29, 1.82) is 0 Å². The van der Waals surface area contributed by atoms with Crippen molar-refractivity contribution in [3.63, 3.8) is 0 Å². The molecule has 156 valence electrons. The van der Waals surface area contributed by atoms with E-state index in [9.17, 15) is 9.59 Å². The summed E-state index contributed by atoms with van der Waals surface area (Å²) in [6.07, 6.45) is 0.392. The zero-order chi connectivity index (χ0) is 20.7. The molecule has 1 saturated heterocycles. The summed E-state index contributed by atoms with van der Waals surface area (Å²) in [5.41, 5.74) is 12.0. The van der Waals surface area contributed by atoms with Gasteiger partial charge in [0.2, 0.25) is 17.6 Å². The first kappa shape index (κ1) is 21.8. The molecule has 0 radical (unpaired) electrons. The topological polar surface area (TPSA) is 120 Å². The van der Waals surface area contributed by atoms with Gasteiger partial charge >= 0.3 is 0 Å². The highest BCUT2D eigenvalue weighted by atomic mass is 16.5. The van der Waals surface area contributed by atoms with E-state index in [1.165, 1.54) is 0 Å². The molecular weight excluding hydrogens is 364 g/mol. The average molecular weight is 394 g/mol. The highest BCUT2D eigenvalue weighted by Crippen LogP contribution is 2.40. The summed E-state index contributed by atoms with van der Waals surface area (Å²) in [5.74, 6) is 1.25. The molecule has 1 heterocycles. The molecule has 9 heteroatoms. The van der Waals surface area contributed by atoms with E-state index in [-0.39, 0.29) is 18.7 Å². The molecule has 0 aromatic heterocycles. The Labute approximate surface area is 165 Å². The minimum atomic E-state index is -0.690. The molecule has 0 saturated carbocycles. The Morgan fingerprint density at radius 2 is 1.68 bits per heavy atom. The third-order valence-corrected chi connectivity index (χ3v) is 4.88. The summed E-state index contributed by atoms with van der Waals surface area (Å²) in [4.78, 5) is 27.3. The fourth-order valence-corrected chi connectivity index (χ4v) is 3.31. The van der Waals surface area contributed by atoms with Crippen LogP contribution in [0.4, 0.5) is 0 Å². The number of methoxy groups -OCH3 is 3. The van der Waals surface area contributed by atoms with E-state index in [2.05, 4.69) is 4.90 Å². The number of nitrogens with zero attached hydrogens (tertiary/aromatic N) is 2. The van der Waals surface area contributed by atoms with Crippen LogP contribution in [0, 0.1) is 0 Å². The summed E-state index contributed by atoms with van der Waals surface area (Å²) < 4.78 is 16.3. The van der Waals surface area contributed by atoms with Crippen molar-refractivity contribution in [3.05, 3.63) is 17.7 Å². The van der Waals surface area contributed by atoms with Crippen LogP contribution >= 0.6 is 0 Å². The van der Waals surface area contributed by atoms with E-state index >= 15 is 0 Å². The zero-order valence-corrected chi connectivity index (χ0v) is 16.8. The van der Waals surface area contributed by atoms with Crippen LogP contribution in [0.2, 0.25) is 0 Å². The van der Waals surface area contributed by atoms with Crippen LogP contribution in [0.3, 0.4) is 0 Å². The molecule has 1 atom stereocenters. The van der Waals surface area contributed by atoms with Crippen LogP contribution in [-0.2, 0) is 16.1 Å². The van der Waals surface area contributed by atoms with Crippen molar-refractivity contribution in [2.45, 2.75) is 25.4 Å². The molecule has 4 N–H and O–H groups in total. The molecule has 2 rings (SSSR count). The van der Waals surface area contributed by atoms with Crippen LogP contribution in [-0.4, -0.2) is 75.2 Å². The molecule has 0 spiro atoms. The lowest BCUT2D eigenvalue weighted by molar-refractivity contribution is -0.134. The lowest BCUT2D eigenvalue weighted by atomic mass is 10.1. The van der Waals surface area contributed by atoms with Crippen LogP contribution in [0.1, 0.15) is 18.4 Å². The molecule has 1 aromatic carbocycles. The quantitative estimate of drug-likeness (QED) is 0.602. The van der Waals surface area contributed by atoms with Crippen LogP contribution in [0.5, 0.6) is 17.2 Å². The number of piperazine rings is 1. The molecular formula is C19H30N4O5. The van der Waals surface area contributed by atoms with Gasteiger partial charge in [-0.3, -0.25) is 14.5 Å². The number of hydrogen-bond acceptors (Lipinski definition) is 7. The van der Waals surface area contributed by atoms with E-state index < -0.39 is 11.9 Å². The second kappa shape index (κ2) is 10.1. The Morgan fingerprint density at radius 1 is 1.04 bits per heavy atom. The van der Waals surface area contributed by atoms with Gasteiger partial charge in [-0.25, -0.2) is 0 Å². The predicted octanol–water partition coefficient (Wildman–Crippen LogP) is -0.0506. The van der Waals surface area contributed by atoms with Gasteiger partial charge in [-0.15, -0.1) is 0 Å². The molecule has 28 heavy (non-hydrogen) atoms. The van der Waals surface area contributed by atoms with Gasteiger partial charge in [-0.05, 0) is 12.5 Å². The van der Waals surface area contributed by atoms with Crippen LogP contribution in [0.15, 0.2) is 12.1 Å². The van der Waals surface area contributed by atoms with E-state index in [4.69, 9.17) is 25.7 Å². The number of amides is 2. The summed E-state index contributed by atoms with van der Waals surface area (Å²) in [6, 6.07) is 3.12. The summed E-state index contributed by atoms with van der Waals surface area (Å²) in [5, 5.41) is 0. The fraction of sp³-hybridized carbons (Fsp3) is 0.579. The third kappa shape index (κ3) is 5.26. The zero-order valence-electron chi connectivity index (χ0n) is 16.8. The number of carbonyl (C=O) groups is 2. The molecule has 0 aliphatic carbocycles. The SMILES string of the molecule is COc1ccc(CN2CCN(C(=O)[C@@H](N)CCC(N)=O)CC2)c(OC)c1OC. The number of hydrogen-bond donors (Lipinski definition) is 2. The monoisotopic (exact) mass is 394 g/mol. The fourth-order valence-electron chi connectivity index (χ4n) is 3.31. The van der Waals surface area contributed by atoms with E-state index in [1.807, 2.05) is 12.1 Å². The lowest BCUT2D eigenvalue weighted by Crippen LogP contribution is -2.53. The van der Waals surface area contributed by atoms with Crippen molar-refractivity contribution < 1.29 is 23.8 Å². The van der Waals surface area contributed by atoms with Gasteiger partial charge < -0.3 is 30.6 Å². The minimum Gasteiger partial charge on any atom is -0.493 e. The minimum absolute atomic E-state index is 0.117. The molecule has 0 bridgehead atoms. The normalized spacial score (nSPS) is 15.8. The molecule has 2 amide bonds. The van der Waals surface area contributed by atoms with Gasteiger partial charge in [0.1, 0.15) is 0 Å². The van der Waals surface area contributed by atoms with Crippen molar-refractivity contribution in [2.24, 2.45) is 11.5 Å². The number of nitrogens with two attached hydrogens (primary N) is 2. The molecule has 9 nitrogen and oxygen atoms in total. The highest BCUT2D eigenvalue weighted by molar-refractivity contribution is 5.83. The second-order valence-electron chi connectivity index (χ2n) is 6.71. The maximum Gasteiger partial charge on any atom is 0.239 e. The third-order valence-electron chi connectivity index (χ3n) is 4.88. The van der Waals surface area contributed by atoms with Crippen molar-refractivity contribution in [3.8, 4) is 17.2 Å². The lowest BCUT2D eigenvalue weighted by Gasteiger charge is -2.36. The number of carbonyl (C=O) groups excluding carboxylic acids is 2. The van der Waals surface area contributed by atoms with Crippen LogP contribution in [0.25, 0.3) is 0 Å². The average Bonchev–Trinajstić information content (AvgIpc) is 2.71. The molecule has 0 unspecified atom stereocenters. The Balaban J connectivity index is 1.95. The Kier molecular flexibility index (Phi) is 7.89. The van der Waals surface area contributed by atoms with Gasteiger partial charge in [0, 0.05) is 44.7 Å². The van der Waals surface area contributed by atoms with Crippen molar-refractivity contribution in [2.75, 3.05) is 47.5 Å². The van der Waals surface area contributed by atoms with Gasteiger partial charge in [0.05, 0.1) is 27.4 Å². The summed E-state index contributed by atoms with van der Waals surface area (Å²) >= 11 is 0. The van der Waals surface area contributed by atoms with E-state index in [0.717, 1.165) is 5.56 Å². The van der Waals surface area contributed by atoms with Crippen molar-refractivity contribution >= 4 is 11.8 Å². The number of ether oxygens (including phenoxy) is 3. The maximum absolute atomic E-state index is 12.4. The number of benzene rings is 1. The van der Waals surface area contributed by atoms with E-state index in [1.54, 1.807) is 26.2 Å². The summed E-state index contributed by atoms with van der Waals surface area (Å²) in [7, 11) is 4.77. The molecule has 1 aliphatic rings. The van der Waals surface area contributed by atoms with E-state index in [0.29, 0.717) is 50.0 Å². The predicted molar refractivity (Wildman–Crippen MR) is 104 cm³/mol. The Morgan fingerprint density at radius 3 is 2.21 bits per heavy atom. The van der Waals surface area contributed by atoms with Gasteiger partial charge in [-0.2, -0.15) is 0 Å². The van der Waals surface area contributed by atoms with Crippen molar-refractivity contribution in [1.82, 2.24) is 9.80 Å². The smallest absolute Gasteiger partial charge is 0.239 e. The number of primary amides is 1. The highest BCUT2D eigenvalue weighted by Gasteiger charge is 2.26. The first-order chi connectivity index (χ1) is 13.4. The maximum atomic E-state index is 12.4. The molecule has 1 aliphatic heterocycles. The Bertz CT molecular complexity index is 689. The first-order valence-electron chi connectivity index (χ1n) is 9.24. The summed E-state index contributed by atoms with van der Waals surface area (Å²) in [6.45, 7) is 3.26. The van der Waals surface area contributed by atoms with Crippen LogP contribution < -0.4 is 25.7 Å². The second-order valence-corrected chi connectivity index (χ2v) is 6.71. The Hall–Kier alpha value is -2.52. The molecule has 1 fully saturated rings. The van der Waals surface area contributed by atoms with Gasteiger partial charge in [-0.1, -0.05) is 6.07 Å². The first-order valence-corrected chi connectivity index (χ1v) is 9.24.